The van der Waals surface area contributed by atoms with E-state index in [1.807, 2.05) is 30.5 Å². The van der Waals surface area contributed by atoms with E-state index in [9.17, 15) is 4.79 Å². The Bertz CT molecular complexity index is 1590. The molecule has 0 bridgehead atoms. The zero-order valence-electron chi connectivity index (χ0n) is 22.8. The first kappa shape index (κ1) is 27.9. The molecule has 0 aromatic carbocycles. The Morgan fingerprint density at radius 2 is 1.68 bits per heavy atom. The monoisotopic (exact) mass is 577 g/mol. The number of ether oxygens (including phenoxy) is 1. The highest BCUT2D eigenvalue weighted by molar-refractivity contribution is 7.15. The number of nitrogens with one attached hydrogen (secondary N) is 1. The van der Waals surface area contributed by atoms with Crippen molar-refractivity contribution in [2.45, 2.75) is 64.9 Å². The molecule has 0 radical (unpaired) electrons. The lowest BCUT2D eigenvalue weighted by atomic mass is 10.0. The summed E-state index contributed by atoms with van der Waals surface area (Å²) in [5, 5.41) is 25.0. The largest absolute Gasteiger partial charge is 0.374 e. The maximum absolute atomic E-state index is 11.8. The average molecular weight is 578 g/mol. The molecule has 0 aliphatic heterocycles. The van der Waals surface area contributed by atoms with E-state index in [0.717, 1.165) is 56.1 Å². The summed E-state index contributed by atoms with van der Waals surface area (Å²) < 4.78 is 11.5. The van der Waals surface area contributed by atoms with E-state index in [2.05, 4.69) is 63.2 Å². The minimum atomic E-state index is -0.175. The van der Waals surface area contributed by atoms with Gasteiger partial charge in [-0.15, -0.1) is 20.4 Å². The summed E-state index contributed by atoms with van der Waals surface area (Å²) in [5.74, 6) is 1.44. The smallest absolute Gasteiger partial charge is 0.248 e. The molecule has 208 valence electrons. The molecule has 5 heterocycles. The number of H-pyrrole nitrogens is 1. The Hall–Kier alpha value is -3.61. The van der Waals surface area contributed by atoms with E-state index in [4.69, 9.17) is 9.26 Å². The van der Waals surface area contributed by atoms with Crippen LogP contribution in [0.25, 0.3) is 21.1 Å². The van der Waals surface area contributed by atoms with E-state index in [1.54, 1.807) is 17.5 Å². The van der Waals surface area contributed by atoms with Crippen LogP contribution in [0.3, 0.4) is 0 Å². The SMILES string of the molecule is CC(C)c1cc(COCC(CCc2ccc(-c3nnc(C(C)C)s3)cn2)c2nnc(-c3cc[nH]c(=O)c3)s2)no1. The molecule has 10 nitrogen and oxygen atoms in total. The van der Waals surface area contributed by atoms with Crippen molar-refractivity contribution < 1.29 is 9.26 Å². The third kappa shape index (κ3) is 6.93. The molecule has 0 saturated carbocycles. The molecule has 0 fully saturated rings. The van der Waals surface area contributed by atoms with Crippen LogP contribution < -0.4 is 5.56 Å². The minimum absolute atomic E-state index is 0.0112. The molecule has 0 saturated heterocycles. The van der Waals surface area contributed by atoms with Gasteiger partial charge < -0.3 is 14.2 Å². The molecule has 12 heteroatoms. The summed E-state index contributed by atoms with van der Waals surface area (Å²) in [6, 6.07) is 9.37. The van der Waals surface area contributed by atoms with E-state index in [-0.39, 0.29) is 17.4 Å². The highest BCUT2D eigenvalue weighted by atomic mass is 32.1. The van der Waals surface area contributed by atoms with Crippen LogP contribution in [0.5, 0.6) is 0 Å². The number of hydrogen-bond donors (Lipinski definition) is 1. The van der Waals surface area contributed by atoms with Gasteiger partial charge in [-0.2, -0.15) is 0 Å². The van der Waals surface area contributed by atoms with Gasteiger partial charge in [0.2, 0.25) is 5.56 Å². The number of aryl methyl sites for hydroxylation is 1. The van der Waals surface area contributed by atoms with Crippen LogP contribution in [0.15, 0.2) is 52.0 Å². The van der Waals surface area contributed by atoms with Gasteiger partial charge in [-0.05, 0) is 31.0 Å². The molecular weight excluding hydrogens is 546 g/mol. The van der Waals surface area contributed by atoms with Crippen LogP contribution in [0.4, 0.5) is 0 Å². The van der Waals surface area contributed by atoms with E-state index in [1.165, 1.54) is 17.4 Å². The van der Waals surface area contributed by atoms with Crippen molar-refractivity contribution in [2.75, 3.05) is 6.61 Å². The molecule has 1 atom stereocenters. The van der Waals surface area contributed by atoms with Crippen molar-refractivity contribution >= 4 is 22.7 Å². The van der Waals surface area contributed by atoms with Gasteiger partial charge in [0.15, 0.2) is 0 Å². The van der Waals surface area contributed by atoms with Crippen molar-refractivity contribution in [3.05, 3.63) is 80.2 Å². The molecule has 0 aliphatic rings. The molecule has 5 aromatic heterocycles. The van der Waals surface area contributed by atoms with Gasteiger partial charge in [0.05, 0.1) is 13.2 Å². The zero-order valence-corrected chi connectivity index (χ0v) is 24.5. The first-order chi connectivity index (χ1) is 19.4. The maximum atomic E-state index is 11.8. The first-order valence-electron chi connectivity index (χ1n) is 13.2. The fraction of sp³-hybridized carbons (Fsp3) is 0.393. The van der Waals surface area contributed by atoms with Gasteiger partial charge >= 0.3 is 0 Å². The fourth-order valence-corrected chi connectivity index (χ4v) is 5.75. The highest BCUT2D eigenvalue weighted by Gasteiger charge is 2.20. The lowest BCUT2D eigenvalue weighted by Gasteiger charge is -2.14. The standard InChI is InChI=1S/C28H31N7O3S2/c1-16(2)23-12-22(35-38-23)15-37-14-20(28-34-32-26(40-28)18-9-10-29-24(36)11-18)6-8-21-7-5-19(13-30-21)27-33-31-25(39-27)17(3)4/h5,7,9-13,16-17,20H,6,8,14-15H2,1-4H3,(H,29,36). The molecule has 40 heavy (non-hydrogen) atoms. The van der Waals surface area contributed by atoms with E-state index < -0.39 is 0 Å². The molecule has 0 spiro atoms. The molecule has 0 amide bonds. The molecular formula is C28H31N7O3S2. The van der Waals surface area contributed by atoms with Crippen molar-refractivity contribution in [1.29, 1.82) is 0 Å². The third-order valence-electron chi connectivity index (χ3n) is 6.28. The Morgan fingerprint density at radius 3 is 2.35 bits per heavy atom. The normalized spacial score (nSPS) is 12.4. The zero-order chi connectivity index (χ0) is 28.1. The summed E-state index contributed by atoms with van der Waals surface area (Å²) in [5.41, 5.74) is 3.27. The minimum Gasteiger partial charge on any atom is -0.374 e. The summed E-state index contributed by atoms with van der Waals surface area (Å²) in [4.78, 5) is 19.1. The molecule has 5 aromatic rings. The second-order valence-electron chi connectivity index (χ2n) is 10.2. The second kappa shape index (κ2) is 12.7. The van der Waals surface area contributed by atoms with Gasteiger partial charge in [0.1, 0.15) is 31.5 Å². The van der Waals surface area contributed by atoms with Crippen LogP contribution in [0.2, 0.25) is 0 Å². The van der Waals surface area contributed by atoms with Crippen molar-refractivity contribution in [2.24, 2.45) is 0 Å². The Labute approximate surface area is 239 Å². The first-order valence-corrected chi connectivity index (χ1v) is 14.8. The van der Waals surface area contributed by atoms with Crippen molar-refractivity contribution in [3.63, 3.8) is 0 Å². The van der Waals surface area contributed by atoms with Gasteiger partial charge in [0.25, 0.3) is 0 Å². The number of aromatic nitrogens is 7. The van der Waals surface area contributed by atoms with E-state index >= 15 is 0 Å². The van der Waals surface area contributed by atoms with Crippen LogP contribution in [-0.2, 0) is 17.8 Å². The maximum Gasteiger partial charge on any atom is 0.248 e. The second-order valence-corrected chi connectivity index (χ2v) is 12.2. The quantitative estimate of drug-likeness (QED) is 0.190. The number of hydrogen-bond acceptors (Lipinski definition) is 11. The van der Waals surface area contributed by atoms with Crippen LogP contribution in [-0.4, -0.2) is 42.1 Å². The predicted octanol–water partition coefficient (Wildman–Crippen LogP) is 5.97. The Balaban J connectivity index is 1.28. The highest BCUT2D eigenvalue weighted by Crippen LogP contribution is 2.31. The van der Waals surface area contributed by atoms with Gasteiger partial charge in [-0.3, -0.25) is 9.78 Å². The number of nitrogens with zero attached hydrogens (tertiary/aromatic N) is 6. The summed E-state index contributed by atoms with van der Waals surface area (Å²) in [6.07, 6.45) is 4.98. The molecule has 5 rings (SSSR count). The lowest BCUT2D eigenvalue weighted by molar-refractivity contribution is 0.0997. The lowest BCUT2D eigenvalue weighted by Crippen LogP contribution is -2.10. The average Bonchev–Trinajstić information content (AvgIpc) is 3.72. The van der Waals surface area contributed by atoms with Gasteiger partial charge in [0, 0.05) is 59.1 Å². The number of pyridine rings is 2. The number of aromatic amines is 1. The van der Waals surface area contributed by atoms with E-state index in [0.29, 0.717) is 24.1 Å². The Morgan fingerprint density at radius 1 is 0.900 bits per heavy atom. The van der Waals surface area contributed by atoms with Gasteiger partial charge in [-0.1, -0.05) is 55.5 Å². The molecule has 1 N–H and O–H groups in total. The summed E-state index contributed by atoms with van der Waals surface area (Å²) in [6.45, 7) is 9.13. The summed E-state index contributed by atoms with van der Waals surface area (Å²) >= 11 is 3.07. The number of rotatable bonds is 12. The molecule has 1 unspecified atom stereocenters. The van der Waals surface area contributed by atoms with Crippen molar-refractivity contribution in [1.82, 2.24) is 35.5 Å². The van der Waals surface area contributed by atoms with Crippen molar-refractivity contribution in [3.8, 4) is 21.1 Å². The third-order valence-corrected chi connectivity index (χ3v) is 8.69. The molecule has 0 aliphatic carbocycles. The van der Waals surface area contributed by atoms with Crippen LogP contribution in [0, 0.1) is 0 Å². The van der Waals surface area contributed by atoms with Crippen LogP contribution >= 0.6 is 22.7 Å². The topological polar surface area (TPSA) is 133 Å². The van der Waals surface area contributed by atoms with Crippen LogP contribution in [0.1, 0.15) is 79.0 Å². The Kier molecular flexibility index (Phi) is 8.88. The van der Waals surface area contributed by atoms with Gasteiger partial charge in [-0.25, -0.2) is 0 Å². The predicted molar refractivity (Wildman–Crippen MR) is 155 cm³/mol. The fourth-order valence-electron chi connectivity index (χ4n) is 3.95. The summed E-state index contributed by atoms with van der Waals surface area (Å²) in [7, 11) is 0.